The van der Waals surface area contributed by atoms with Gasteiger partial charge in [0.15, 0.2) is 5.82 Å². The van der Waals surface area contributed by atoms with Crippen molar-refractivity contribution < 1.29 is 0 Å². The molecule has 0 radical (unpaired) electrons. The number of nitrogens with zero attached hydrogens (tertiary/aromatic N) is 4. The minimum absolute atomic E-state index is 0.526. The topological polar surface area (TPSA) is 69.6 Å². The van der Waals surface area contributed by atoms with Crippen LogP contribution in [0.3, 0.4) is 0 Å². The van der Waals surface area contributed by atoms with Crippen LogP contribution in [-0.4, -0.2) is 19.5 Å². The first-order valence-corrected chi connectivity index (χ1v) is 7.44. The Morgan fingerprint density at radius 1 is 1.14 bits per heavy atom. The highest BCUT2D eigenvalue weighted by molar-refractivity contribution is 5.59. The summed E-state index contributed by atoms with van der Waals surface area (Å²) in [6.45, 7) is 1.90. The molecule has 2 aromatic heterocycles. The van der Waals surface area contributed by atoms with Crippen LogP contribution in [-0.2, 0) is 0 Å². The normalized spacial score (nSPS) is 14.2. The zero-order valence-electron chi connectivity index (χ0n) is 12.4. The van der Waals surface area contributed by atoms with Crippen molar-refractivity contribution in [3.05, 3.63) is 54.2 Å². The van der Waals surface area contributed by atoms with Crippen molar-refractivity contribution >= 4 is 5.82 Å². The summed E-state index contributed by atoms with van der Waals surface area (Å²) in [6.07, 6.45) is 8.28. The lowest BCUT2D eigenvalue weighted by Crippen LogP contribution is -1.98. The number of rotatable bonds is 3. The van der Waals surface area contributed by atoms with Gasteiger partial charge < -0.3 is 10.3 Å². The smallest absolute Gasteiger partial charge is 0.161 e. The summed E-state index contributed by atoms with van der Waals surface area (Å²) >= 11 is 0. The van der Waals surface area contributed by atoms with E-state index in [1.165, 1.54) is 18.5 Å². The van der Waals surface area contributed by atoms with Crippen LogP contribution in [0.15, 0.2) is 43.0 Å². The molecule has 4 rings (SSSR count). The minimum atomic E-state index is 0.526. The largest absolute Gasteiger partial charge is 0.383 e. The maximum Gasteiger partial charge on any atom is 0.161 e. The summed E-state index contributed by atoms with van der Waals surface area (Å²) in [7, 11) is 0. The summed E-state index contributed by atoms with van der Waals surface area (Å²) in [5.74, 6) is 1.85. The summed E-state index contributed by atoms with van der Waals surface area (Å²) in [4.78, 5) is 13.1. The highest BCUT2D eigenvalue weighted by Gasteiger charge is 2.25. The molecule has 3 aromatic rings. The average Bonchev–Trinajstić information content (AvgIpc) is 3.28. The molecule has 2 heterocycles. The second kappa shape index (κ2) is 4.94. The molecule has 1 fully saturated rings. The van der Waals surface area contributed by atoms with Gasteiger partial charge in [0.25, 0.3) is 0 Å². The number of benzene rings is 1. The molecule has 5 nitrogen and oxygen atoms in total. The number of imidazole rings is 1. The van der Waals surface area contributed by atoms with Crippen molar-refractivity contribution in [1.29, 1.82) is 0 Å². The monoisotopic (exact) mass is 291 g/mol. The van der Waals surface area contributed by atoms with Gasteiger partial charge in [-0.3, -0.25) is 0 Å². The zero-order valence-corrected chi connectivity index (χ0v) is 12.4. The zero-order chi connectivity index (χ0) is 15.1. The second-order valence-electron chi connectivity index (χ2n) is 5.79. The number of hydrogen-bond acceptors (Lipinski definition) is 4. The van der Waals surface area contributed by atoms with Gasteiger partial charge in [0.05, 0.1) is 12.0 Å². The molecule has 0 bridgehead atoms. The summed E-state index contributed by atoms with van der Waals surface area (Å²) in [5, 5.41) is 0. The third-order valence-corrected chi connectivity index (χ3v) is 4.03. The average molecular weight is 291 g/mol. The summed E-state index contributed by atoms with van der Waals surface area (Å²) in [5.41, 5.74) is 9.98. The van der Waals surface area contributed by atoms with Gasteiger partial charge in [-0.1, -0.05) is 0 Å². The highest BCUT2D eigenvalue weighted by atomic mass is 15.0. The molecule has 0 aliphatic heterocycles. The molecular formula is C17H17N5. The first-order chi connectivity index (χ1) is 10.7. The molecule has 22 heavy (non-hydrogen) atoms. The number of hydrogen-bond donors (Lipinski definition) is 1. The van der Waals surface area contributed by atoms with Gasteiger partial charge in [-0.05, 0) is 44.0 Å². The molecule has 0 atom stereocenters. The van der Waals surface area contributed by atoms with Gasteiger partial charge in [-0.15, -0.1) is 0 Å². The number of nitrogens with two attached hydrogens (primary N) is 1. The number of anilines is 1. The molecule has 110 valence electrons. The van der Waals surface area contributed by atoms with E-state index >= 15 is 0 Å². The van der Waals surface area contributed by atoms with Crippen molar-refractivity contribution in [3.8, 4) is 17.1 Å². The van der Waals surface area contributed by atoms with Crippen LogP contribution in [0.25, 0.3) is 17.1 Å². The maximum atomic E-state index is 5.85. The van der Waals surface area contributed by atoms with Crippen LogP contribution in [0.1, 0.15) is 30.0 Å². The lowest BCUT2D eigenvalue weighted by atomic mass is 10.2. The molecule has 2 N–H and O–H groups in total. The first-order valence-electron chi connectivity index (χ1n) is 7.44. The van der Waals surface area contributed by atoms with Gasteiger partial charge >= 0.3 is 0 Å². The van der Waals surface area contributed by atoms with E-state index in [1.54, 1.807) is 6.20 Å². The molecule has 0 saturated heterocycles. The predicted molar refractivity (Wildman–Crippen MR) is 85.7 cm³/mol. The van der Waals surface area contributed by atoms with Crippen molar-refractivity contribution in [1.82, 2.24) is 19.5 Å². The molecule has 5 heteroatoms. The molecule has 0 spiro atoms. The minimum Gasteiger partial charge on any atom is -0.383 e. The third kappa shape index (κ3) is 2.35. The Morgan fingerprint density at radius 3 is 2.59 bits per heavy atom. The van der Waals surface area contributed by atoms with E-state index < -0.39 is 0 Å². The fourth-order valence-corrected chi connectivity index (χ4v) is 2.45. The first kappa shape index (κ1) is 13.0. The van der Waals surface area contributed by atoms with Crippen molar-refractivity contribution in [2.75, 3.05) is 5.73 Å². The molecule has 0 unspecified atom stereocenters. The van der Waals surface area contributed by atoms with Crippen molar-refractivity contribution in [3.63, 3.8) is 0 Å². The van der Waals surface area contributed by atoms with E-state index in [0.717, 1.165) is 16.8 Å². The summed E-state index contributed by atoms with van der Waals surface area (Å²) < 4.78 is 2.06. The Morgan fingerprint density at radius 2 is 1.91 bits per heavy atom. The fraction of sp³-hybridized carbons (Fsp3) is 0.235. The van der Waals surface area contributed by atoms with E-state index in [2.05, 4.69) is 25.7 Å². The van der Waals surface area contributed by atoms with Crippen LogP contribution in [0.5, 0.6) is 0 Å². The Kier molecular flexibility index (Phi) is 2.92. The summed E-state index contributed by atoms with van der Waals surface area (Å²) in [6, 6.07) is 8.12. The quantitative estimate of drug-likeness (QED) is 0.805. The van der Waals surface area contributed by atoms with Crippen molar-refractivity contribution in [2.45, 2.75) is 25.7 Å². The number of nitrogen functional groups attached to an aromatic ring is 1. The molecule has 1 saturated carbocycles. The van der Waals surface area contributed by atoms with E-state index in [4.69, 9.17) is 5.73 Å². The highest BCUT2D eigenvalue weighted by Crippen LogP contribution is 2.39. The maximum absolute atomic E-state index is 5.85. The molecule has 1 aliphatic carbocycles. The number of aryl methyl sites for hydroxylation is 1. The lowest BCUT2D eigenvalue weighted by Gasteiger charge is -2.05. The standard InChI is InChI=1S/C17H17N5/c1-11-8-19-17(21-16(11)18)13-4-6-14(7-5-13)22-9-15(20-10-22)12-2-3-12/h4-10,12H,2-3H2,1H3,(H2,18,19,21). The van der Waals surface area contributed by atoms with Crippen LogP contribution >= 0.6 is 0 Å². The Balaban J connectivity index is 1.62. The van der Waals surface area contributed by atoms with E-state index in [-0.39, 0.29) is 0 Å². The van der Waals surface area contributed by atoms with Gasteiger partial charge in [-0.2, -0.15) is 0 Å². The Hall–Kier alpha value is -2.69. The van der Waals surface area contributed by atoms with E-state index in [9.17, 15) is 0 Å². The van der Waals surface area contributed by atoms with Gasteiger partial charge in [0.1, 0.15) is 5.82 Å². The molecule has 1 aromatic carbocycles. The molecular weight excluding hydrogens is 274 g/mol. The predicted octanol–water partition coefficient (Wildman–Crippen LogP) is 3.10. The van der Waals surface area contributed by atoms with Crippen molar-refractivity contribution in [2.24, 2.45) is 0 Å². The fourth-order valence-electron chi connectivity index (χ4n) is 2.45. The van der Waals surface area contributed by atoms with Crippen LogP contribution < -0.4 is 5.73 Å². The lowest BCUT2D eigenvalue weighted by molar-refractivity contribution is 1.05. The van der Waals surface area contributed by atoms with Gasteiger partial charge in [0, 0.05) is 35.1 Å². The number of aromatic nitrogens is 4. The van der Waals surface area contributed by atoms with Crippen LogP contribution in [0.4, 0.5) is 5.82 Å². The molecule has 1 aliphatic rings. The van der Waals surface area contributed by atoms with E-state index in [0.29, 0.717) is 17.6 Å². The van der Waals surface area contributed by atoms with Gasteiger partial charge in [-0.25, -0.2) is 15.0 Å². The second-order valence-corrected chi connectivity index (χ2v) is 5.79. The van der Waals surface area contributed by atoms with Gasteiger partial charge in [0.2, 0.25) is 0 Å². The Labute approximate surface area is 128 Å². The molecule has 0 amide bonds. The van der Waals surface area contributed by atoms with Crippen LogP contribution in [0, 0.1) is 6.92 Å². The third-order valence-electron chi connectivity index (χ3n) is 4.03. The van der Waals surface area contributed by atoms with Crippen LogP contribution in [0.2, 0.25) is 0 Å². The SMILES string of the molecule is Cc1cnc(-c2ccc(-n3cnc(C4CC4)c3)cc2)nc1N. The Bertz CT molecular complexity index is 815. The van der Waals surface area contributed by atoms with E-state index in [1.807, 2.05) is 37.5 Å².